The molecule has 1 amide bonds. The van der Waals surface area contributed by atoms with Crippen LogP contribution in [-0.4, -0.2) is 43.7 Å². The highest BCUT2D eigenvalue weighted by molar-refractivity contribution is 5.85. The van der Waals surface area contributed by atoms with Crippen LogP contribution in [0.1, 0.15) is 13.3 Å². The van der Waals surface area contributed by atoms with Crippen molar-refractivity contribution in [1.29, 1.82) is 0 Å². The summed E-state index contributed by atoms with van der Waals surface area (Å²) in [5.41, 5.74) is -0.419. The molecule has 25 heavy (non-hydrogen) atoms. The molecule has 1 aliphatic rings. The Morgan fingerprint density at radius 3 is 2.80 bits per heavy atom. The Morgan fingerprint density at radius 1 is 1.40 bits per heavy atom. The molecule has 9 nitrogen and oxygen atoms in total. The first-order valence-corrected chi connectivity index (χ1v) is 8.01. The van der Waals surface area contributed by atoms with Crippen molar-refractivity contribution in [3.8, 4) is 0 Å². The number of halogens is 1. The van der Waals surface area contributed by atoms with Gasteiger partial charge in [-0.2, -0.15) is 0 Å². The van der Waals surface area contributed by atoms with E-state index in [0.717, 1.165) is 24.1 Å². The number of rotatable bonds is 3. The summed E-state index contributed by atoms with van der Waals surface area (Å²) in [6, 6.07) is 0.0544. The van der Waals surface area contributed by atoms with Crippen molar-refractivity contribution in [2.45, 2.75) is 25.9 Å². The molecule has 0 saturated carbocycles. The Kier molecular flexibility index (Phi) is 5.69. The number of aryl methyl sites for hydroxylation is 2. The van der Waals surface area contributed by atoms with Gasteiger partial charge >= 0.3 is 5.69 Å². The van der Waals surface area contributed by atoms with Crippen LogP contribution >= 0.6 is 12.4 Å². The van der Waals surface area contributed by atoms with Crippen molar-refractivity contribution in [3.05, 3.63) is 27.2 Å². The minimum Gasteiger partial charge on any atom is -0.351 e. The van der Waals surface area contributed by atoms with Crippen molar-refractivity contribution in [1.82, 2.24) is 29.3 Å². The summed E-state index contributed by atoms with van der Waals surface area (Å²) >= 11 is 0. The van der Waals surface area contributed by atoms with Gasteiger partial charge in [0.2, 0.25) is 5.91 Å². The molecule has 0 spiro atoms. The van der Waals surface area contributed by atoms with Gasteiger partial charge in [-0.05, 0) is 25.4 Å². The van der Waals surface area contributed by atoms with E-state index in [1.165, 1.54) is 10.9 Å². The maximum absolute atomic E-state index is 12.6. The zero-order chi connectivity index (χ0) is 17.4. The molecule has 0 aromatic carbocycles. The van der Waals surface area contributed by atoms with Crippen molar-refractivity contribution in [2.24, 2.45) is 20.0 Å². The molecular weight excluding hydrogens is 348 g/mol. The Labute approximate surface area is 150 Å². The third-order valence-electron chi connectivity index (χ3n) is 4.63. The van der Waals surface area contributed by atoms with Crippen molar-refractivity contribution >= 4 is 29.5 Å². The van der Waals surface area contributed by atoms with Gasteiger partial charge in [-0.3, -0.25) is 14.2 Å². The minimum atomic E-state index is -0.542. The normalized spacial score (nSPS) is 20.3. The van der Waals surface area contributed by atoms with Crippen LogP contribution in [0.5, 0.6) is 0 Å². The Hall–Kier alpha value is -2.13. The molecule has 0 bridgehead atoms. The van der Waals surface area contributed by atoms with E-state index in [-0.39, 0.29) is 30.9 Å². The number of hydrogen-bond donors (Lipinski definition) is 2. The second-order valence-electron chi connectivity index (χ2n) is 6.40. The quantitative estimate of drug-likeness (QED) is 0.719. The molecule has 138 valence electrons. The first-order chi connectivity index (χ1) is 11.4. The molecule has 2 aromatic heterocycles. The van der Waals surface area contributed by atoms with Gasteiger partial charge in [0.1, 0.15) is 6.54 Å². The lowest BCUT2D eigenvalue weighted by Crippen LogP contribution is -2.51. The first kappa shape index (κ1) is 19.2. The Bertz CT molecular complexity index is 899. The van der Waals surface area contributed by atoms with Crippen LogP contribution in [0, 0.1) is 5.92 Å². The molecule has 0 radical (unpaired) electrons. The number of hydrogen-bond acceptors (Lipinski definition) is 5. The summed E-state index contributed by atoms with van der Waals surface area (Å²) in [4.78, 5) is 41.4. The summed E-state index contributed by atoms with van der Waals surface area (Å²) in [7, 11) is 3.22. The monoisotopic (exact) mass is 370 g/mol. The lowest BCUT2D eigenvalue weighted by atomic mass is 9.95. The molecule has 1 aliphatic heterocycles. The number of carbonyl (C=O) groups is 1. The van der Waals surface area contributed by atoms with Gasteiger partial charge in [-0.25, -0.2) is 14.3 Å². The van der Waals surface area contributed by atoms with Crippen LogP contribution in [0.4, 0.5) is 0 Å². The SMILES string of the molecule is CC1CNCCC1NC(=O)Cn1c(=O)c2c(ncn2C)n(C)c1=O.Cl. The number of piperidine rings is 1. The van der Waals surface area contributed by atoms with Gasteiger partial charge in [0.05, 0.1) is 6.33 Å². The van der Waals surface area contributed by atoms with Gasteiger partial charge in [-0.1, -0.05) is 6.92 Å². The number of fused-ring (bicyclic) bond motifs is 1. The number of nitrogens with one attached hydrogen (secondary N) is 2. The van der Waals surface area contributed by atoms with Gasteiger partial charge in [0, 0.05) is 20.1 Å². The molecule has 3 heterocycles. The van der Waals surface area contributed by atoms with Gasteiger partial charge < -0.3 is 15.2 Å². The largest absolute Gasteiger partial charge is 0.351 e. The number of imidazole rings is 1. The third-order valence-corrected chi connectivity index (χ3v) is 4.63. The molecule has 3 rings (SSSR count). The average molecular weight is 371 g/mol. The molecular formula is C15H23ClN6O3. The van der Waals surface area contributed by atoms with Crippen molar-refractivity contribution in [3.63, 3.8) is 0 Å². The fourth-order valence-corrected chi connectivity index (χ4v) is 3.16. The van der Waals surface area contributed by atoms with Crippen molar-refractivity contribution < 1.29 is 4.79 Å². The zero-order valence-corrected chi connectivity index (χ0v) is 15.3. The molecule has 1 saturated heterocycles. The topological polar surface area (TPSA) is 103 Å². The fourth-order valence-electron chi connectivity index (χ4n) is 3.16. The third kappa shape index (κ3) is 3.47. The predicted molar refractivity (Wildman–Crippen MR) is 96.0 cm³/mol. The summed E-state index contributed by atoms with van der Waals surface area (Å²) < 4.78 is 3.81. The van der Waals surface area contributed by atoms with E-state index in [4.69, 9.17) is 0 Å². The molecule has 0 aliphatic carbocycles. The minimum absolute atomic E-state index is 0. The molecule has 2 aromatic rings. The fraction of sp³-hybridized carbons (Fsp3) is 0.600. The lowest BCUT2D eigenvalue weighted by molar-refractivity contribution is -0.123. The first-order valence-electron chi connectivity index (χ1n) is 8.01. The summed E-state index contributed by atoms with van der Waals surface area (Å²) in [6.45, 7) is 3.46. The molecule has 2 unspecified atom stereocenters. The van der Waals surface area contributed by atoms with Crippen LogP contribution < -0.4 is 21.9 Å². The smallest absolute Gasteiger partial charge is 0.332 e. The van der Waals surface area contributed by atoms with Crippen LogP contribution in [0.25, 0.3) is 11.2 Å². The van der Waals surface area contributed by atoms with Gasteiger partial charge in [0.25, 0.3) is 5.56 Å². The van der Waals surface area contributed by atoms with E-state index in [1.807, 2.05) is 0 Å². The second kappa shape index (κ2) is 7.40. The van der Waals surface area contributed by atoms with Crippen LogP contribution in [-0.2, 0) is 25.4 Å². The van der Waals surface area contributed by atoms with Gasteiger partial charge in [-0.15, -0.1) is 12.4 Å². The highest BCUT2D eigenvalue weighted by atomic mass is 35.5. The van der Waals surface area contributed by atoms with Crippen LogP contribution in [0.15, 0.2) is 15.9 Å². The van der Waals surface area contributed by atoms with E-state index >= 15 is 0 Å². The molecule has 2 N–H and O–H groups in total. The maximum atomic E-state index is 12.6. The summed E-state index contributed by atoms with van der Waals surface area (Å²) in [6.07, 6.45) is 2.31. The number of amides is 1. The van der Waals surface area contributed by atoms with Crippen LogP contribution in [0.3, 0.4) is 0 Å². The average Bonchev–Trinajstić information content (AvgIpc) is 2.94. The Balaban J connectivity index is 0.00000225. The molecule has 1 fully saturated rings. The van der Waals surface area contributed by atoms with Crippen LogP contribution in [0.2, 0.25) is 0 Å². The number of carbonyl (C=O) groups excluding carboxylic acids is 1. The number of aromatic nitrogens is 4. The number of nitrogens with zero attached hydrogens (tertiary/aromatic N) is 4. The Morgan fingerprint density at radius 2 is 2.12 bits per heavy atom. The predicted octanol–water partition coefficient (Wildman–Crippen LogP) is -1.03. The summed E-state index contributed by atoms with van der Waals surface area (Å²) in [5.74, 6) is -0.0173. The standard InChI is InChI=1S/C15H22N6O3.ClH/c1-9-6-16-5-4-10(9)18-11(22)7-21-14(23)12-13(17-8-19(12)2)20(3)15(21)24;/h8-10,16H,4-7H2,1-3H3,(H,18,22);1H. The second-order valence-corrected chi connectivity index (χ2v) is 6.40. The highest BCUT2D eigenvalue weighted by Gasteiger charge is 2.23. The van der Waals surface area contributed by atoms with Gasteiger partial charge in [0.15, 0.2) is 11.2 Å². The highest BCUT2D eigenvalue weighted by Crippen LogP contribution is 2.10. The summed E-state index contributed by atoms with van der Waals surface area (Å²) in [5, 5.41) is 6.21. The van der Waals surface area contributed by atoms with Crippen molar-refractivity contribution in [2.75, 3.05) is 13.1 Å². The van der Waals surface area contributed by atoms with E-state index in [2.05, 4.69) is 22.5 Å². The van der Waals surface area contributed by atoms with E-state index in [1.54, 1.807) is 18.7 Å². The molecule has 10 heteroatoms. The zero-order valence-electron chi connectivity index (χ0n) is 14.5. The maximum Gasteiger partial charge on any atom is 0.332 e. The lowest BCUT2D eigenvalue weighted by Gasteiger charge is -2.30. The van der Waals surface area contributed by atoms with E-state index in [9.17, 15) is 14.4 Å². The molecule has 2 atom stereocenters. The van der Waals surface area contributed by atoms with E-state index in [0.29, 0.717) is 17.1 Å². The van der Waals surface area contributed by atoms with E-state index < -0.39 is 11.2 Å².